The normalized spacial score (nSPS) is 22.9. The molecule has 1 heterocycles. The van der Waals surface area contributed by atoms with E-state index in [2.05, 4.69) is 16.7 Å². The maximum absolute atomic E-state index is 12.0. The Kier molecular flexibility index (Phi) is 4.89. The number of amides is 2. The molecule has 2 amide bonds. The second kappa shape index (κ2) is 6.88. The molecule has 1 saturated heterocycles. The highest BCUT2D eigenvalue weighted by Crippen LogP contribution is 2.48. The van der Waals surface area contributed by atoms with Gasteiger partial charge in [0.15, 0.2) is 0 Å². The number of nitrogens with one attached hydrogen (secondary N) is 2. The Hall–Kier alpha value is -1.26. The molecule has 3 rings (SSSR count). The van der Waals surface area contributed by atoms with Gasteiger partial charge in [0.05, 0.1) is 6.10 Å². The van der Waals surface area contributed by atoms with Gasteiger partial charge in [0, 0.05) is 30.1 Å². The molecule has 1 saturated carbocycles. The minimum atomic E-state index is -0.109. The number of hydrogen-bond acceptors (Lipinski definition) is 2. The van der Waals surface area contributed by atoms with Gasteiger partial charge >= 0.3 is 6.03 Å². The van der Waals surface area contributed by atoms with Gasteiger partial charge < -0.3 is 15.4 Å². The largest absolute Gasteiger partial charge is 0.376 e. The molecule has 2 N–H and O–H groups in total. The average Bonchev–Trinajstić information content (AvgIpc) is 3.33. The van der Waals surface area contributed by atoms with Crippen molar-refractivity contribution >= 4 is 17.6 Å². The molecule has 120 valence electrons. The van der Waals surface area contributed by atoms with Crippen molar-refractivity contribution in [3.8, 4) is 0 Å². The lowest BCUT2D eigenvalue weighted by Crippen LogP contribution is -2.43. The van der Waals surface area contributed by atoms with Crippen molar-refractivity contribution in [3.05, 3.63) is 34.9 Å². The SMILES string of the molecule is O=C(NCC1CCCCO1)NCC1(c2cccc(Cl)c2)CC1. The molecular formula is C17H23ClN2O2. The molecule has 1 aromatic rings. The second-order valence-corrected chi connectivity index (χ2v) is 6.78. The first kappa shape index (κ1) is 15.6. The average molecular weight is 323 g/mol. The molecule has 0 spiro atoms. The minimum absolute atomic E-state index is 0.0730. The van der Waals surface area contributed by atoms with Crippen LogP contribution in [0.4, 0.5) is 4.79 Å². The first-order chi connectivity index (χ1) is 10.7. The van der Waals surface area contributed by atoms with E-state index >= 15 is 0 Å². The summed E-state index contributed by atoms with van der Waals surface area (Å²) in [7, 11) is 0. The predicted molar refractivity (Wildman–Crippen MR) is 87.4 cm³/mol. The zero-order chi connectivity index (χ0) is 15.4. The van der Waals surface area contributed by atoms with Crippen molar-refractivity contribution in [1.29, 1.82) is 0 Å². The summed E-state index contributed by atoms with van der Waals surface area (Å²) in [4.78, 5) is 12.0. The lowest BCUT2D eigenvalue weighted by atomic mass is 9.96. The zero-order valence-corrected chi connectivity index (χ0v) is 13.5. The maximum Gasteiger partial charge on any atom is 0.314 e. The fourth-order valence-corrected chi connectivity index (χ4v) is 3.21. The van der Waals surface area contributed by atoms with E-state index in [0.29, 0.717) is 13.1 Å². The Balaban J connectivity index is 1.44. The number of carbonyl (C=O) groups excluding carboxylic acids is 1. The van der Waals surface area contributed by atoms with Crippen LogP contribution in [0.3, 0.4) is 0 Å². The number of urea groups is 1. The van der Waals surface area contributed by atoms with Crippen LogP contribution in [0.25, 0.3) is 0 Å². The highest BCUT2D eigenvalue weighted by atomic mass is 35.5. The summed E-state index contributed by atoms with van der Waals surface area (Å²) in [6.07, 6.45) is 5.71. The number of halogens is 1. The first-order valence-corrected chi connectivity index (χ1v) is 8.45. The van der Waals surface area contributed by atoms with Crippen molar-refractivity contribution in [3.63, 3.8) is 0 Å². The van der Waals surface area contributed by atoms with Crippen molar-refractivity contribution < 1.29 is 9.53 Å². The van der Waals surface area contributed by atoms with Crippen LogP contribution >= 0.6 is 11.6 Å². The quantitative estimate of drug-likeness (QED) is 0.874. The monoisotopic (exact) mass is 322 g/mol. The summed E-state index contributed by atoms with van der Waals surface area (Å²) in [5.41, 5.74) is 1.29. The lowest BCUT2D eigenvalue weighted by molar-refractivity contribution is 0.0184. The molecule has 5 heteroatoms. The van der Waals surface area contributed by atoms with Crippen molar-refractivity contribution in [2.45, 2.75) is 43.6 Å². The van der Waals surface area contributed by atoms with Gasteiger partial charge in [-0.25, -0.2) is 4.79 Å². The molecule has 0 bridgehead atoms. The molecule has 1 atom stereocenters. The van der Waals surface area contributed by atoms with Crippen LogP contribution < -0.4 is 10.6 Å². The second-order valence-electron chi connectivity index (χ2n) is 6.34. The van der Waals surface area contributed by atoms with Gasteiger partial charge in [0.25, 0.3) is 0 Å². The Morgan fingerprint density at radius 1 is 1.32 bits per heavy atom. The van der Waals surface area contributed by atoms with Crippen molar-refractivity contribution in [2.24, 2.45) is 0 Å². The van der Waals surface area contributed by atoms with Crippen molar-refractivity contribution in [1.82, 2.24) is 10.6 Å². The Labute approximate surface area is 136 Å². The van der Waals surface area contributed by atoms with Gasteiger partial charge in [-0.1, -0.05) is 23.7 Å². The van der Waals surface area contributed by atoms with Crippen LogP contribution in [0.1, 0.15) is 37.7 Å². The van der Waals surface area contributed by atoms with E-state index in [1.807, 2.05) is 18.2 Å². The molecule has 1 unspecified atom stereocenters. The van der Waals surface area contributed by atoms with Gasteiger partial charge in [-0.15, -0.1) is 0 Å². The van der Waals surface area contributed by atoms with Crippen LogP contribution in [-0.4, -0.2) is 31.8 Å². The molecular weight excluding hydrogens is 300 g/mol. The molecule has 1 aliphatic heterocycles. The Morgan fingerprint density at radius 2 is 2.18 bits per heavy atom. The summed E-state index contributed by atoms with van der Waals surface area (Å²) in [6, 6.07) is 7.84. The Morgan fingerprint density at radius 3 is 2.86 bits per heavy atom. The molecule has 4 nitrogen and oxygen atoms in total. The highest BCUT2D eigenvalue weighted by Gasteiger charge is 2.44. The van der Waals surface area contributed by atoms with E-state index in [0.717, 1.165) is 37.3 Å². The van der Waals surface area contributed by atoms with Crippen LogP contribution in [0.2, 0.25) is 5.02 Å². The number of hydrogen-bond donors (Lipinski definition) is 2. The molecule has 0 aromatic heterocycles. The van der Waals surface area contributed by atoms with Gasteiger partial charge in [0.1, 0.15) is 0 Å². The molecule has 2 fully saturated rings. The standard InChI is InChI=1S/C17H23ClN2O2/c18-14-5-3-4-13(10-14)17(7-8-17)12-20-16(21)19-11-15-6-1-2-9-22-15/h3-5,10,15H,1-2,6-9,11-12H2,(H2,19,20,21). The summed E-state index contributed by atoms with van der Waals surface area (Å²) in [5, 5.41) is 6.66. The summed E-state index contributed by atoms with van der Waals surface area (Å²) < 4.78 is 5.61. The maximum atomic E-state index is 12.0. The third-order valence-electron chi connectivity index (χ3n) is 4.64. The molecule has 2 aliphatic rings. The minimum Gasteiger partial charge on any atom is -0.376 e. The lowest BCUT2D eigenvalue weighted by Gasteiger charge is -2.23. The van der Waals surface area contributed by atoms with E-state index in [-0.39, 0.29) is 17.6 Å². The molecule has 0 radical (unpaired) electrons. The molecule has 22 heavy (non-hydrogen) atoms. The van der Waals surface area contributed by atoms with E-state index in [4.69, 9.17) is 16.3 Å². The smallest absolute Gasteiger partial charge is 0.314 e. The topological polar surface area (TPSA) is 50.4 Å². The van der Waals surface area contributed by atoms with E-state index in [1.165, 1.54) is 12.0 Å². The van der Waals surface area contributed by atoms with Gasteiger partial charge in [-0.05, 0) is 49.8 Å². The van der Waals surface area contributed by atoms with Gasteiger partial charge in [0.2, 0.25) is 0 Å². The van der Waals surface area contributed by atoms with Crippen molar-refractivity contribution in [2.75, 3.05) is 19.7 Å². The van der Waals surface area contributed by atoms with E-state index < -0.39 is 0 Å². The fraction of sp³-hybridized carbons (Fsp3) is 0.588. The number of ether oxygens (including phenoxy) is 1. The number of benzene rings is 1. The Bertz CT molecular complexity index is 525. The van der Waals surface area contributed by atoms with Crippen LogP contribution in [0.5, 0.6) is 0 Å². The number of rotatable bonds is 5. The van der Waals surface area contributed by atoms with Crippen LogP contribution in [0, 0.1) is 0 Å². The third kappa shape index (κ3) is 3.93. The fourth-order valence-electron chi connectivity index (χ4n) is 3.02. The summed E-state index contributed by atoms with van der Waals surface area (Å²) >= 11 is 6.06. The van der Waals surface area contributed by atoms with Gasteiger partial charge in [-0.2, -0.15) is 0 Å². The zero-order valence-electron chi connectivity index (χ0n) is 12.7. The number of carbonyl (C=O) groups is 1. The summed E-state index contributed by atoms with van der Waals surface area (Å²) in [5.74, 6) is 0. The predicted octanol–water partition coefficient (Wildman–Crippen LogP) is 3.24. The molecule has 1 aliphatic carbocycles. The summed E-state index contributed by atoms with van der Waals surface area (Å²) in [6.45, 7) is 2.06. The first-order valence-electron chi connectivity index (χ1n) is 8.07. The van der Waals surface area contributed by atoms with E-state index in [9.17, 15) is 4.79 Å². The molecule has 1 aromatic carbocycles. The van der Waals surface area contributed by atoms with Crippen LogP contribution in [0.15, 0.2) is 24.3 Å². The van der Waals surface area contributed by atoms with E-state index in [1.54, 1.807) is 0 Å². The third-order valence-corrected chi connectivity index (χ3v) is 4.88. The highest BCUT2D eigenvalue weighted by molar-refractivity contribution is 6.30. The van der Waals surface area contributed by atoms with Crippen LogP contribution in [-0.2, 0) is 10.2 Å². The van der Waals surface area contributed by atoms with Gasteiger partial charge in [-0.3, -0.25) is 0 Å².